The predicted octanol–water partition coefficient (Wildman–Crippen LogP) is 1.79. The Labute approximate surface area is 83.5 Å². The van der Waals surface area contributed by atoms with Crippen molar-refractivity contribution in [2.45, 2.75) is 39.2 Å². The van der Waals surface area contributed by atoms with Crippen LogP contribution in [-0.2, 0) is 10.3 Å². The summed E-state index contributed by atoms with van der Waals surface area (Å²) in [4.78, 5) is 11.2. The van der Waals surface area contributed by atoms with Crippen molar-refractivity contribution < 1.29 is 9.90 Å². The van der Waals surface area contributed by atoms with E-state index in [1.54, 1.807) is 17.1 Å². The molecule has 0 fully saturated rings. The molecule has 0 saturated carbocycles. The number of aryl methyl sites for hydroxylation is 1. The Morgan fingerprint density at radius 2 is 2.14 bits per heavy atom. The molecule has 0 radical (unpaired) electrons. The summed E-state index contributed by atoms with van der Waals surface area (Å²) in [6.45, 7) is 5.64. The molecule has 4 heteroatoms. The molecule has 1 N–H and O–H groups in total. The van der Waals surface area contributed by atoms with Gasteiger partial charge in [-0.2, -0.15) is 5.10 Å². The molecule has 1 rings (SSSR count). The van der Waals surface area contributed by atoms with Gasteiger partial charge in [-0.05, 0) is 25.3 Å². The van der Waals surface area contributed by atoms with Crippen LogP contribution in [0.25, 0.3) is 0 Å². The molecule has 0 aromatic carbocycles. The Bertz CT molecular complexity index is 327. The molecule has 14 heavy (non-hydrogen) atoms. The second-order valence-electron chi connectivity index (χ2n) is 3.51. The maximum Gasteiger partial charge on any atom is 0.331 e. The van der Waals surface area contributed by atoms with Crippen LogP contribution in [-0.4, -0.2) is 20.9 Å². The molecule has 0 aliphatic heterocycles. The zero-order valence-electron chi connectivity index (χ0n) is 8.82. The van der Waals surface area contributed by atoms with Crippen LogP contribution < -0.4 is 0 Å². The van der Waals surface area contributed by atoms with E-state index in [1.807, 2.05) is 20.8 Å². The molecule has 1 heterocycles. The molecule has 1 aromatic heterocycles. The standard InChI is InChI=1S/C10H16N2O2/c1-4-10(5-2,9(13)14)12-7-8(3)6-11-12/h6-7H,4-5H2,1-3H3,(H,13,14). The number of aliphatic carboxylic acids is 1. The van der Waals surface area contributed by atoms with Crippen molar-refractivity contribution in [3.63, 3.8) is 0 Å². The Balaban J connectivity index is 3.16. The highest BCUT2D eigenvalue weighted by molar-refractivity contribution is 5.76. The molecule has 0 amide bonds. The van der Waals surface area contributed by atoms with Crippen LogP contribution in [0.3, 0.4) is 0 Å². The third-order valence-corrected chi connectivity index (χ3v) is 2.72. The van der Waals surface area contributed by atoms with Crippen molar-refractivity contribution in [3.8, 4) is 0 Å². The summed E-state index contributed by atoms with van der Waals surface area (Å²) in [7, 11) is 0. The largest absolute Gasteiger partial charge is 0.479 e. The summed E-state index contributed by atoms with van der Waals surface area (Å²) < 4.78 is 1.56. The zero-order chi connectivity index (χ0) is 10.8. The highest BCUT2D eigenvalue weighted by Gasteiger charge is 2.37. The van der Waals surface area contributed by atoms with Crippen molar-refractivity contribution in [3.05, 3.63) is 18.0 Å². The summed E-state index contributed by atoms with van der Waals surface area (Å²) in [6.07, 6.45) is 4.55. The van der Waals surface area contributed by atoms with E-state index in [0.29, 0.717) is 12.8 Å². The summed E-state index contributed by atoms with van der Waals surface area (Å²) in [6, 6.07) is 0. The summed E-state index contributed by atoms with van der Waals surface area (Å²) in [5, 5.41) is 13.3. The minimum Gasteiger partial charge on any atom is -0.479 e. The van der Waals surface area contributed by atoms with Crippen LogP contribution in [0, 0.1) is 6.92 Å². The van der Waals surface area contributed by atoms with Gasteiger partial charge in [0.25, 0.3) is 0 Å². The van der Waals surface area contributed by atoms with E-state index in [2.05, 4.69) is 5.10 Å². The SMILES string of the molecule is CCC(CC)(C(=O)O)n1cc(C)cn1. The van der Waals surface area contributed by atoms with Crippen molar-refractivity contribution in [1.29, 1.82) is 0 Å². The van der Waals surface area contributed by atoms with Gasteiger partial charge >= 0.3 is 5.97 Å². The molecule has 0 unspecified atom stereocenters. The lowest BCUT2D eigenvalue weighted by atomic mass is 9.93. The van der Waals surface area contributed by atoms with E-state index in [9.17, 15) is 9.90 Å². The van der Waals surface area contributed by atoms with E-state index in [1.165, 1.54) is 0 Å². The Hall–Kier alpha value is -1.32. The fourth-order valence-corrected chi connectivity index (χ4v) is 1.62. The van der Waals surface area contributed by atoms with E-state index < -0.39 is 11.5 Å². The van der Waals surface area contributed by atoms with E-state index in [4.69, 9.17) is 0 Å². The zero-order valence-corrected chi connectivity index (χ0v) is 8.82. The van der Waals surface area contributed by atoms with E-state index >= 15 is 0 Å². The van der Waals surface area contributed by atoms with Gasteiger partial charge in [0.2, 0.25) is 0 Å². The predicted molar refractivity (Wildman–Crippen MR) is 53.2 cm³/mol. The van der Waals surface area contributed by atoms with Crippen LogP contribution >= 0.6 is 0 Å². The van der Waals surface area contributed by atoms with Crippen LogP contribution in [0.4, 0.5) is 0 Å². The number of carboxylic acid groups (broad SMARTS) is 1. The second-order valence-corrected chi connectivity index (χ2v) is 3.51. The minimum absolute atomic E-state index is 0.542. The quantitative estimate of drug-likeness (QED) is 0.798. The van der Waals surface area contributed by atoms with Crippen LogP contribution in [0.1, 0.15) is 32.3 Å². The van der Waals surface area contributed by atoms with Crippen molar-refractivity contribution in [2.24, 2.45) is 0 Å². The Morgan fingerprint density at radius 1 is 1.57 bits per heavy atom. The summed E-state index contributed by atoms with van der Waals surface area (Å²) >= 11 is 0. The number of nitrogens with zero attached hydrogens (tertiary/aromatic N) is 2. The minimum atomic E-state index is -0.881. The first-order valence-electron chi connectivity index (χ1n) is 4.82. The maximum absolute atomic E-state index is 11.2. The number of rotatable bonds is 4. The van der Waals surface area contributed by atoms with Gasteiger partial charge in [-0.15, -0.1) is 0 Å². The molecular formula is C10H16N2O2. The fraction of sp³-hybridized carbons (Fsp3) is 0.600. The number of carboxylic acids is 1. The van der Waals surface area contributed by atoms with Gasteiger partial charge in [-0.25, -0.2) is 4.79 Å². The summed E-state index contributed by atoms with van der Waals surface area (Å²) in [5.74, 6) is -0.814. The first kappa shape index (κ1) is 10.8. The third-order valence-electron chi connectivity index (χ3n) is 2.72. The van der Waals surface area contributed by atoms with Crippen LogP contribution in [0.5, 0.6) is 0 Å². The monoisotopic (exact) mass is 196 g/mol. The molecule has 0 bridgehead atoms. The van der Waals surface area contributed by atoms with Gasteiger partial charge < -0.3 is 5.11 Å². The first-order valence-corrected chi connectivity index (χ1v) is 4.82. The normalized spacial score (nSPS) is 11.6. The first-order chi connectivity index (χ1) is 6.56. The fourth-order valence-electron chi connectivity index (χ4n) is 1.62. The number of hydrogen-bond acceptors (Lipinski definition) is 2. The number of aromatic nitrogens is 2. The lowest BCUT2D eigenvalue weighted by molar-refractivity contribution is -0.148. The van der Waals surface area contributed by atoms with Crippen molar-refractivity contribution in [2.75, 3.05) is 0 Å². The molecule has 1 aromatic rings. The van der Waals surface area contributed by atoms with Crippen molar-refractivity contribution in [1.82, 2.24) is 9.78 Å². The molecule has 0 aliphatic rings. The van der Waals surface area contributed by atoms with Gasteiger partial charge in [0.05, 0.1) is 6.20 Å². The molecule has 0 spiro atoms. The highest BCUT2D eigenvalue weighted by Crippen LogP contribution is 2.24. The van der Waals surface area contributed by atoms with Crippen LogP contribution in [0.2, 0.25) is 0 Å². The lowest BCUT2D eigenvalue weighted by Gasteiger charge is -2.27. The van der Waals surface area contributed by atoms with Gasteiger partial charge in [-0.3, -0.25) is 4.68 Å². The Kier molecular flexibility index (Phi) is 2.93. The lowest BCUT2D eigenvalue weighted by Crippen LogP contribution is -2.41. The van der Waals surface area contributed by atoms with Gasteiger partial charge in [0.1, 0.15) is 0 Å². The maximum atomic E-state index is 11.2. The molecule has 78 valence electrons. The molecule has 0 atom stereocenters. The average Bonchev–Trinajstić information content (AvgIpc) is 2.55. The molecule has 0 aliphatic carbocycles. The number of carbonyl (C=O) groups is 1. The molecular weight excluding hydrogens is 180 g/mol. The van der Waals surface area contributed by atoms with Crippen molar-refractivity contribution >= 4 is 5.97 Å². The average molecular weight is 196 g/mol. The second kappa shape index (κ2) is 3.82. The van der Waals surface area contributed by atoms with Gasteiger partial charge in [-0.1, -0.05) is 13.8 Å². The van der Waals surface area contributed by atoms with E-state index in [0.717, 1.165) is 5.56 Å². The summed E-state index contributed by atoms with van der Waals surface area (Å²) in [5.41, 5.74) is 0.103. The number of hydrogen-bond donors (Lipinski definition) is 1. The highest BCUT2D eigenvalue weighted by atomic mass is 16.4. The van der Waals surface area contributed by atoms with Crippen LogP contribution in [0.15, 0.2) is 12.4 Å². The molecule has 0 saturated heterocycles. The Morgan fingerprint density at radius 3 is 2.43 bits per heavy atom. The smallest absolute Gasteiger partial charge is 0.331 e. The van der Waals surface area contributed by atoms with Gasteiger partial charge in [0, 0.05) is 6.20 Å². The third kappa shape index (κ3) is 1.52. The van der Waals surface area contributed by atoms with E-state index in [-0.39, 0.29) is 0 Å². The topological polar surface area (TPSA) is 55.1 Å². The van der Waals surface area contributed by atoms with Gasteiger partial charge in [0.15, 0.2) is 5.54 Å². The molecule has 4 nitrogen and oxygen atoms in total.